The number of methoxy groups -OCH3 is 1. The molecule has 3 aromatic heterocycles. The molecule has 22 heavy (non-hydrogen) atoms. The number of aromatic nitrogens is 2. The van der Waals surface area contributed by atoms with Crippen molar-refractivity contribution in [1.29, 1.82) is 0 Å². The van der Waals surface area contributed by atoms with E-state index in [1.807, 2.05) is 13.0 Å². The molecule has 0 aliphatic rings. The minimum Gasteiger partial charge on any atom is -0.383 e. The highest BCUT2D eigenvalue weighted by Gasteiger charge is 2.14. The number of fused-ring (bicyclic) bond motifs is 2. The standard InChI is InChI=1S/C15H15N3O3S/c1-9-3-4-12-17-14-10(15(20)18(12)8-9)7-11(22-14)13(19)16-5-6-21-2/h3-4,7-8H,5-6H2,1-2H3,(H,16,19). The Hall–Kier alpha value is -2.25. The van der Waals surface area contributed by atoms with Crippen LogP contribution in [0.2, 0.25) is 0 Å². The van der Waals surface area contributed by atoms with Gasteiger partial charge in [0.15, 0.2) is 0 Å². The number of rotatable bonds is 4. The first-order chi connectivity index (χ1) is 10.6. The average molecular weight is 317 g/mol. The molecule has 0 aromatic carbocycles. The fraction of sp³-hybridized carbons (Fsp3) is 0.267. The summed E-state index contributed by atoms with van der Waals surface area (Å²) in [4.78, 5) is 30.1. The Balaban J connectivity index is 2.06. The van der Waals surface area contributed by atoms with Crippen LogP contribution in [0.4, 0.5) is 0 Å². The molecule has 0 spiro atoms. The SMILES string of the molecule is COCCNC(=O)c1cc2c(=O)n3cc(C)ccc3nc2s1. The molecule has 114 valence electrons. The maximum atomic E-state index is 12.5. The maximum Gasteiger partial charge on any atom is 0.266 e. The van der Waals surface area contributed by atoms with E-state index in [0.29, 0.717) is 33.9 Å². The summed E-state index contributed by atoms with van der Waals surface area (Å²) >= 11 is 1.22. The van der Waals surface area contributed by atoms with Crippen molar-refractivity contribution in [2.45, 2.75) is 6.92 Å². The van der Waals surface area contributed by atoms with Crippen LogP contribution in [0, 0.1) is 6.92 Å². The first kappa shape index (κ1) is 14.7. The van der Waals surface area contributed by atoms with Gasteiger partial charge in [-0.05, 0) is 24.6 Å². The summed E-state index contributed by atoms with van der Waals surface area (Å²) < 4.78 is 6.40. The molecule has 0 radical (unpaired) electrons. The number of ether oxygens (including phenoxy) is 1. The molecule has 0 saturated carbocycles. The highest BCUT2D eigenvalue weighted by molar-refractivity contribution is 7.20. The predicted molar refractivity (Wildman–Crippen MR) is 85.8 cm³/mol. The van der Waals surface area contributed by atoms with Crippen LogP contribution in [0.15, 0.2) is 29.2 Å². The van der Waals surface area contributed by atoms with Crippen LogP contribution < -0.4 is 10.9 Å². The van der Waals surface area contributed by atoms with Crippen LogP contribution in [0.5, 0.6) is 0 Å². The van der Waals surface area contributed by atoms with Crippen LogP contribution in [-0.2, 0) is 4.74 Å². The summed E-state index contributed by atoms with van der Waals surface area (Å²) in [6.45, 7) is 2.79. The van der Waals surface area contributed by atoms with E-state index < -0.39 is 0 Å². The first-order valence-corrected chi connectivity index (χ1v) is 7.61. The zero-order valence-electron chi connectivity index (χ0n) is 12.3. The Morgan fingerprint density at radius 1 is 1.45 bits per heavy atom. The summed E-state index contributed by atoms with van der Waals surface area (Å²) in [6.07, 6.45) is 1.75. The molecule has 3 aromatic rings. The van der Waals surface area contributed by atoms with Crippen LogP contribution in [0.1, 0.15) is 15.2 Å². The zero-order chi connectivity index (χ0) is 15.7. The predicted octanol–water partition coefficient (Wildman–Crippen LogP) is 1.59. The van der Waals surface area contributed by atoms with Crippen LogP contribution in [0.3, 0.4) is 0 Å². The third-order valence-corrected chi connectivity index (χ3v) is 4.30. The van der Waals surface area contributed by atoms with Gasteiger partial charge >= 0.3 is 0 Å². The van der Waals surface area contributed by atoms with Crippen LogP contribution in [-0.4, -0.2) is 35.6 Å². The minimum atomic E-state index is -0.218. The lowest BCUT2D eigenvalue weighted by atomic mass is 10.3. The van der Waals surface area contributed by atoms with Gasteiger partial charge in [0.25, 0.3) is 11.5 Å². The van der Waals surface area contributed by atoms with Crippen molar-refractivity contribution in [2.75, 3.05) is 20.3 Å². The molecule has 3 heterocycles. The van der Waals surface area contributed by atoms with Crippen molar-refractivity contribution in [1.82, 2.24) is 14.7 Å². The van der Waals surface area contributed by atoms with E-state index in [2.05, 4.69) is 10.3 Å². The minimum absolute atomic E-state index is 0.157. The van der Waals surface area contributed by atoms with E-state index in [1.54, 1.807) is 25.4 Å². The van der Waals surface area contributed by atoms with Gasteiger partial charge in [-0.15, -0.1) is 11.3 Å². The number of hydrogen-bond donors (Lipinski definition) is 1. The number of aryl methyl sites for hydroxylation is 1. The fourth-order valence-corrected chi connectivity index (χ4v) is 3.12. The van der Waals surface area contributed by atoms with E-state index in [1.165, 1.54) is 15.7 Å². The van der Waals surface area contributed by atoms with Gasteiger partial charge in [-0.1, -0.05) is 6.07 Å². The second-order valence-electron chi connectivity index (χ2n) is 4.93. The molecule has 0 fully saturated rings. The van der Waals surface area contributed by atoms with E-state index in [4.69, 9.17) is 4.74 Å². The molecule has 0 bridgehead atoms. The van der Waals surface area contributed by atoms with Gasteiger partial charge < -0.3 is 10.1 Å². The summed E-state index contributed by atoms with van der Waals surface area (Å²) in [5, 5.41) is 3.20. The summed E-state index contributed by atoms with van der Waals surface area (Å²) in [5.74, 6) is -0.218. The van der Waals surface area contributed by atoms with Gasteiger partial charge in [0.2, 0.25) is 0 Å². The van der Waals surface area contributed by atoms with Crippen molar-refractivity contribution in [3.63, 3.8) is 0 Å². The van der Waals surface area contributed by atoms with Gasteiger partial charge in [-0.2, -0.15) is 0 Å². The number of amides is 1. The molecule has 6 nitrogen and oxygen atoms in total. The quantitative estimate of drug-likeness (QED) is 0.742. The highest BCUT2D eigenvalue weighted by Crippen LogP contribution is 2.22. The topological polar surface area (TPSA) is 72.7 Å². The number of carbonyl (C=O) groups is 1. The van der Waals surface area contributed by atoms with Gasteiger partial charge in [-0.25, -0.2) is 4.98 Å². The Kier molecular flexibility index (Phi) is 3.91. The van der Waals surface area contributed by atoms with Crippen molar-refractivity contribution in [2.24, 2.45) is 0 Å². The largest absolute Gasteiger partial charge is 0.383 e. The molecule has 0 atom stereocenters. The Morgan fingerprint density at radius 2 is 2.27 bits per heavy atom. The van der Waals surface area contributed by atoms with E-state index >= 15 is 0 Å². The molecule has 1 N–H and O–H groups in total. The monoisotopic (exact) mass is 317 g/mol. The summed E-state index contributed by atoms with van der Waals surface area (Å²) in [6, 6.07) is 5.31. The second-order valence-corrected chi connectivity index (χ2v) is 5.96. The Labute approximate surface area is 130 Å². The number of pyridine rings is 1. The second kappa shape index (κ2) is 5.86. The molecule has 0 saturated heterocycles. The van der Waals surface area contributed by atoms with Crippen molar-refractivity contribution >= 4 is 33.1 Å². The highest BCUT2D eigenvalue weighted by atomic mass is 32.1. The van der Waals surface area contributed by atoms with Crippen LogP contribution in [0.25, 0.3) is 15.9 Å². The molecule has 1 amide bonds. The third-order valence-electron chi connectivity index (χ3n) is 3.27. The lowest BCUT2D eigenvalue weighted by molar-refractivity contribution is 0.0941. The van der Waals surface area contributed by atoms with Gasteiger partial charge in [0, 0.05) is 19.9 Å². The van der Waals surface area contributed by atoms with Gasteiger partial charge in [0.1, 0.15) is 10.5 Å². The molecular weight excluding hydrogens is 302 g/mol. The Bertz CT molecular complexity index is 913. The van der Waals surface area contributed by atoms with Crippen LogP contribution >= 0.6 is 11.3 Å². The lowest BCUT2D eigenvalue weighted by Crippen LogP contribution is -2.26. The van der Waals surface area contributed by atoms with E-state index in [9.17, 15) is 9.59 Å². The number of nitrogens with zero attached hydrogens (tertiary/aromatic N) is 2. The number of nitrogens with one attached hydrogen (secondary N) is 1. The van der Waals surface area contributed by atoms with E-state index in [0.717, 1.165) is 5.56 Å². The lowest BCUT2D eigenvalue weighted by Gasteiger charge is -2.00. The smallest absolute Gasteiger partial charge is 0.266 e. The Morgan fingerprint density at radius 3 is 3.05 bits per heavy atom. The molecular formula is C15H15N3O3S. The summed E-state index contributed by atoms with van der Waals surface area (Å²) in [7, 11) is 1.57. The summed E-state index contributed by atoms with van der Waals surface area (Å²) in [5.41, 5.74) is 1.40. The normalized spacial score (nSPS) is 11.2. The molecule has 0 unspecified atom stereocenters. The first-order valence-electron chi connectivity index (χ1n) is 6.80. The van der Waals surface area contributed by atoms with Crippen molar-refractivity contribution in [3.05, 3.63) is 45.2 Å². The maximum absolute atomic E-state index is 12.5. The number of hydrogen-bond acceptors (Lipinski definition) is 5. The van der Waals surface area contributed by atoms with E-state index in [-0.39, 0.29) is 11.5 Å². The molecule has 0 aliphatic heterocycles. The van der Waals surface area contributed by atoms with Gasteiger partial charge in [-0.3, -0.25) is 14.0 Å². The zero-order valence-corrected chi connectivity index (χ0v) is 13.1. The van der Waals surface area contributed by atoms with Crippen molar-refractivity contribution < 1.29 is 9.53 Å². The van der Waals surface area contributed by atoms with Crippen molar-refractivity contribution in [3.8, 4) is 0 Å². The third kappa shape index (κ3) is 2.60. The average Bonchev–Trinajstić information content (AvgIpc) is 2.93. The molecule has 0 aliphatic carbocycles. The van der Waals surface area contributed by atoms with Gasteiger partial charge in [0.05, 0.1) is 16.9 Å². The molecule has 7 heteroatoms. The molecule has 3 rings (SSSR count). The number of thiophene rings is 1. The number of carbonyl (C=O) groups excluding carboxylic acids is 1. The fourth-order valence-electron chi connectivity index (χ4n) is 2.17.